The molecule has 2 rings (SSSR count). The minimum Gasteiger partial charge on any atom is -0.408 e. The lowest BCUT2D eigenvalue weighted by molar-refractivity contribution is 0.527. The third-order valence-corrected chi connectivity index (χ3v) is 3.01. The summed E-state index contributed by atoms with van der Waals surface area (Å²) in [6, 6.07) is 7.91. The fourth-order valence-corrected chi connectivity index (χ4v) is 1.87. The van der Waals surface area contributed by atoms with Crippen LogP contribution in [0.5, 0.6) is 0 Å². The highest BCUT2D eigenvalue weighted by atomic mass is 16.4. The van der Waals surface area contributed by atoms with E-state index in [1.54, 1.807) is 7.05 Å². The van der Waals surface area contributed by atoms with Crippen molar-refractivity contribution in [2.75, 3.05) is 0 Å². The van der Waals surface area contributed by atoms with Crippen LogP contribution in [0.3, 0.4) is 0 Å². The zero-order chi connectivity index (χ0) is 12.4. The van der Waals surface area contributed by atoms with Gasteiger partial charge in [0.05, 0.1) is 17.5 Å². The summed E-state index contributed by atoms with van der Waals surface area (Å²) in [5.41, 5.74) is 2.40. The van der Waals surface area contributed by atoms with Crippen molar-refractivity contribution in [3.05, 3.63) is 34.3 Å². The summed E-state index contributed by atoms with van der Waals surface area (Å²) in [5, 5.41) is 8.92. The largest absolute Gasteiger partial charge is 0.419 e. The third-order valence-electron chi connectivity index (χ3n) is 3.01. The molecular weight excluding hydrogens is 216 g/mol. The quantitative estimate of drug-likeness (QED) is 0.812. The van der Waals surface area contributed by atoms with Gasteiger partial charge in [0.1, 0.15) is 0 Å². The summed E-state index contributed by atoms with van der Waals surface area (Å²) in [6.07, 6.45) is 1.52. The molecule has 1 heterocycles. The van der Waals surface area contributed by atoms with Crippen LogP contribution >= 0.6 is 0 Å². The lowest BCUT2D eigenvalue weighted by atomic mass is 9.98. The lowest BCUT2D eigenvalue weighted by Gasteiger charge is -2.05. The topological polar surface area (TPSA) is 58.9 Å². The van der Waals surface area contributed by atoms with Crippen LogP contribution in [0.2, 0.25) is 0 Å². The van der Waals surface area contributed by atoms with Crippen LogP contribution in [0.25, 0.3) is 11.1 Å². The van der Waals surface area contributed by atoms with Crippen molar-refractivity contribution in [1.29, 1.82) is 5.26 Å². The summed E-state index contributed by atoms with van der Waals surface area (Å²) in [4.78, 5) is 11.3. The molecule has 1 aromatic carbocycles. The van der Waals surface area contributed by atoms with Gasteiger partial charge in [-0.25, -0.2) is 4.79 Å². The van der Waals surface area contributed by atoms with Crippen molar-refractivity contribution in [2.45, 2.75) is 19.8 Å². The SMILES string of the molecule is CCC(C#N)Cc1ccc2c(c1)oc(=O)n2C. The van der Waals surface area contributed by atoms with Gasteiger partial charge in [-0.3, -0.25) is 4.57 Å². The van der Waals surface area contributed by atoms with E-state index in [1.807, 2.05) is 25.1 Å². The van der Waals surface area contributed by atoms with Crippen molar-refractivity contribution in [3.63, 3.8) is 0 Å². The summed E-state index contributed by atoms with van der Waals surface area (Å²) < 4.78 is 6.59. The van der Waals surface area contributed by atoms with Gasteiger partial charge in [0.2, 0.25) is 0 Å². The Balaban J connectivity index is 2.39. The first-order chi connectivity index (χ1) is 8.15. The molecular formula is C13H14N2O2. The molecule has 0 N–H and O–H groups in total. The molecule has 0 aliphatic carbocycles. The number of aryl methyl sites for hydroxylation is 1. The first-order valence-electron chi connectivity index (χ1n) is 5.63. The van der Waals surface area contributed by atoms with Crippen LogP contribution in [0.1, 0.15) is 18.9 Å². The molecule has 4 nitrogen and oxygen atoms in total. The lowest BCUT2D eigenvalue weighted by Crippen LogP contribution is -2.08. The number of nitriles is 1. The number of nitrogens with zero attached hydrogens (tertiary/aromatic N) is 2. The molecule has 0 bridgehead atoms. The number of aromatic nitrogens is 1. The molecule has 1 aromatic heterocycles. The minimum absolute atomic E-state index is 0.0166. The standard InChI is InChI=1S/C13H14N2O2/c1-3-9(8-14)6-10-4-5-11-12(7-10)17-13(16)15(11)2/h4-5,7,9H,3,6H2,1-2H3. The molecule has 0 aliphatic heterocycles. The van der Waals surface area contributed by atoms with Gasteiger partial charge in [0, 0.05) is 7.05 Å². The van der Waals surface area contributed by atoms with E-state index in [9.17, 15) is 4.79 Å². The molecule has 0 saturated heterocycles. The van der Waals surface area contributed by atoms with E-state index in [0.29, 0.717) is 12.0 Å². The van der Waals surface area contributed by atoms with Gasteiger partial charge in [-0.05, 0) is 30.5 Å². The monoisotopic (exact) mass is 230 g/mol. The molecule has 0 aliphatic rings. The maximum absolute atomic E-state index is 11.3. The van der Waals surface area contributed by atoms with Gasteiger partial charge in [0.15, 0.2) is 5.58 Å². The van der Waals surface area contributed by atoms with Gasteiger partial charge >= 0.3 is 5.76 Å². The fraction of sp³-hybridized carbons (Fsp3) is 0.385. The molecule has 88 valence electrons. The summed E-state index contributed by atoms with van der Waals surface area (Å²) >= 11 is 0. The second kappa shape index (κ2) is 4.46. The van der Waals surface area contributed by atoms with E-state index in [-0.39, 0.29) is 11.7 Å². The van der Waals surface area contributed by atoms with E-state index < -0.39 is 0 Å². The Morgan fingerprint density at radius 1 is 1.53 bits per heavy atom. The van der Waals surface area contributed by atoms with Crippen molar-refractivity contribution < 1.29 is 4.42 Å². The maximum atomic E-state index is 11.3. The summed E-state index contributed by atoms with van der Waals surface area (Å²) in [5.74, 6) is -0.340. The smallest absolute Gasteiger partial charge is 0.408 e. The predicted molar refractivity (Wildman–Crippen MR) is 64.6 cm³/mol. The van der Waals surface area contributed by atoms with Crippen molar-refractivity contribution >= 4 is 11.1 Å². The first-order valence-corrected chi connectivity index (χ1v) is 5.63. The number of rotatable bonds is 3. The van der Waals surface area contributed by atoms with Crippen LogP contribution in [0.4, 0.5) is 0 Å². The second-order valence-electron chi connectivity index (χ2n) is 4.17. The first kappa shape index (κ1) is 11.5. The number of fused-ring (bicyclic) bond motifs is 1. The molecule has 4 heteroatoms. The van der Waals surface area contributed by atoms with Gasteiger partial charge < -0.3 is 4.42 Å². The highest BCUT2D eigenvalue weighted by molar-refractivity contribution is 5.73. The van der Waals surface area contributed by atoms with E-state index in [4.69, 9.17) is 9.68 Å². The van der Waals surface area contributed by atoms with Crippen molar-refractivity contribution in [1.82, 2.24) is 4.57 Å². The molecule has 0 radical (unpaired) electrons. The Hall–Kier alpha value is -2.02. The second-order valence-corrected chi connectivity index (χ2v) is 4.17. The molecule has 0 spiro atoms. The van der Waals surface area contributed by atoms with Gasteiger partial charge in [-0.1, -0.05) is 13.0 Å². The fourth-order valence-electron chi connectivity index (χ4n) is 1.87. The Morgan fingerprint density at radius 3 is 2.94 bits per heavy atom. The van der Waals surface area contributed by atoms with Gasteiger partial charge in [-0.15, -0.1) is 0 Å². The highest BCUT2D eigenvalue weighted by Crippen LogP contribution is 2.17. The van der Waals surface area contributed by atoms with Crippen LogP contribution in [0.15, 0.2) is 27.4 Å². The Bertz CT molecular complexity index is 631. The van der Waals surface area contributed by atoms with E-state index >= 15 is 0 Å². The number of benzene rings is 1. The predicted octanol–water partition coefficient (Wildman–Crippen LogP) is 2.22. The number of oxazole rings is 1. The molecule has 0 fully saturated rings. The summed E-state index contributed by atoms with van der Waals surface area (Å²) in [7, 11) is 1.68. The zero-order valence-electron chi connectivity index (χ0n) is 9.93. The molecule has 17 heavy (non-hydrogen) atoms. The van der Waals surface area contributed by atoms with Gasteiger partial charge in [-0.2, -0.15) is 5.26 Å². The zero-order valence-corrected chi connectivity index (χ0v) is 9.93. The van der Waals surface area contributed by atoms with Crippen LogP contribution < -0.4 is 5.76 Å². The van der Waals surface area contributed by atoms with E-state index in [2.05, 4.69) is 6.07 Å². The number of hydrogen-bond donors (Lipinski definition) is 0. The maximum Gasteiger partial charge on any atom is 0.419 e. The Kier molecular flexibility index (Phi) is 3.01. The normalized spacial score (nSPS) is 12.5. The molecule has 0 amide bonds. The average Bonchev–Trinajstić information content (AvgIpc) is 2.62. The Morgan fingerprint density at radius 2 is 2.29 bits per heavy atom. The molecule has 2 aromatic rings. The van der Waals surface area contributed by atoms with Crippen LogP contribution in [-0.2, 0) is 13.5 Å². The highest BCUT2D eigenvalue weighted by Gasteiger charge is 2.09. The molecule has 1 atom stereocenters. The molecule has 1 unspecified atom stereocenters. The average molecular weight is 230 g/mol. The van der Waals surface area contributed by atoms with Crippen LogP contribution in [0, 0.1) is 17.2 Å². The Labute approximate surface area is 99.1 Å². The summed E-state index contributed by atoms with van der Waals surface area (Å²) in [6.45, 7) is 2.00. The van der Waals surface area contributed by atoms with Crippen molar-refractivity contribution in [3.8, 4) is 6.07 Å². The van der Waals surface area contributed by atoms with Gasteiger partial charge in [0.25, 0.3) is 0 Å². The van der Waals surface area contributed by atoms with E-state index in [0.717, 1.165) is 17.5 Å². The van der Waals surface area contributed by atoms with E-state index in [1.165, 1.54) is 4.57 Å². The van der Waals surface area contributed by atoms with Crippen molar-refractivity contribution in [2.24, 2.45) is 13.0 Å². The minimum atomic E-state index is -0.357. The number of hydrogen-bond acceptors (Lipinski definition) is 3. The third kappa shape index (κ3) is 2.09. The van der Waals surface area contributed by atoms with Crippen LogP contribution in [-0.4, -0.2) is 4.57 Å². The molecule has 0 saturated carbocycles.